The highest BCUT2D eigenvalue weighted by atomic mass is 79.9. The van der Waals surface area contributed by atoms with E-state index in [4.69, 9.17) is 0 Å². The molecule has 3 N–H and O–H groups in total. The van der Waals surface area contributed by atoms with E-state index in [1.807, 2.05) is 0 Å². The van der Waals surface area contributed by atoms with Crippen molar-refractivity contribution in [2.24, 2.45) is 0 Å². The minimum Gasteiger partial charge on any atom is -0.383 e. The molecule has 0 fully saturated rings. The zero-order valence-corrected chi connectivity index (χ0v) is 15.4. The molecule has 8 nitrogen and oxygen atoms in total. The number of carbonyl (C=O) groups is 2. The summed E-state index contributed by atoms with van der Waals surface area (Å²) in [4.78, 5) is 34.1. The molecular formula is C15H15BrN4O4S. The number of nitrogens with one attached hydrogen (secondary N) is 3. The zero-order valence-electron chi connectivity index (χ0n) is 13.0. The smallest absolute Gasteiger partial charge is 0.269 e. The Kier molecular flexibility index (Phi) is 6.90. The van der Waals surface area contributed by atoms with Gasteiger partial charge in [-0.25, -0.2) is 0 Å². The molecule has 0 atom stereocenters. The van der Waals surface area contributed by atoms with Gasteiger partial charge in [-0.15, -0.1) is 11.3 Å². The molecule has 25 heavy (non-hydrogen) atoms. The number of non-ortho nitro benzene ring substituents is 1. The molecule has 0 aliphatic carbocycles. The van der Waals surface area contributed by atoms with Crippen LogP contribution in [0.15, 0.2) is 40.2 Å². The van der Waals surface area contributed by atoms with E-state index in [2.05, 4.69) is 31.9 Å². The number of carbonyl (C=O) groups excluding carboxylic acids is 2. The van der Waals surface area contributed by atoms with Crippen LogP contribution in [0.3, 0.4) is 0 Å². The van der Waals surface area contributed by atoms with Crippen LogP contribution in [0.2, 0.25) is 0 Å². The summed E-state index contributed by atoms with van der Waals surface area (Å²) >= 11 is 4.56. The lowest BCUT2D eigenvalue weighted by Crippen LogP contribution is -2.38. The SMILES string of the molecule is O=C(CNC(=O)c1ccc(Br)s1)NCCNc1ccc([N+](=O)[O-])cc1. The molecule has 0 saturated carbocycles. The fourth-order valence-electron chi connectivity index (χ4n) is 1.86. The molecule has 0 saturated heterocycles. The Morgan fingerprint density at radius 3 is 2.40 bits per heavy atom. The molecule has 132 valence electrons. The summed E-state index contributed by atoms with van der Waals surface area (Å²) in [6, 6.07) is 9.44. The van der Waals surface area contributed by atoms with Gasteiger partial charge in [0, 0.05) is 30.9 Å². The quantitative estimate of drug-likeness (QED) is 0.340. The zero-order chi connectivity index (χ0) is 18.2. The number of rotatable bonds is 8. The Balaban J connectivity index is 1.63. The Morgan fingerprint density at radius 2 is 1.80 bits per heavy atom. The molecule has 10 heteroatoms. The third-order valence-electron chi connectivity index (χ3n) is 3.06. The van der Waals surface area contributed by atoms with Gasteiger partial charge in [0.25, 0.3) is 11.6 Å². The summed E-state index contributed by atoms with van der Waals surface area (Å²) in [5.74, 6) is -0.593. The predicted octanol–water partition coefficient (Wildman–Crippen LogP) is 2.38. The average molecular weight is 427 g/mol. The first-order valence-electron chi connectivity index (χ1n) is 7.24. The molecule has 1 aromatic heterocycles. The Labute approximate surface area is 155 Å². The fourth-order valence-corrected chi connectivity index (χ4v) is 3.16. The second-order valence-electron chi connectivity index (χ2n) is 4.87. The first-order chi connectivity index (χ1) is 12.0. The van der Waals surface area contributed by atoms with Gasteiger partial charge in [0.05, 0.1) is 20.1 Å². The molecule has 2 amide bonds. The lowest BCUT2D eigenvalue weighted by Gasteiger charge is -2.08. The standard InChI is InChI=1S/C15H15BrN4O4S/c16-13-6-5-12(25-13)15(22)19-9-14(21)18-8-7-17-10-1-3-11(4-2-10)20(23)24/h1-6,17H,7-9H2,(H,18,21)(H,19,22). The van der Waals surface area contributed by atoms with Crippen molar-refractivity contribution in [1.29, 1.82) is 0 Å². The summed E-state index contributed by atoms with van der Waals surface area (Å²) in [5.41, 5.74) is 0.740. The van der Waals surface area contributed by atoms with E-state index in [9.17, 15) is 19.7 Å². The number of hydrogen-bond donors (Lipinski definition) is 3. The second-order valence-corrected chi connectivity index (χ2v) is 7.33. The second kappa shape index (κ2) is 9.14. The first kappa shape index (κ1) is 18.9. The molecular weight excluding hydrogens is 412 g/mol. The lowest BCUT2D eigenvalue weighted by atomic mass is 10.3. The molecule has 0 bridgehead atoms. The van der Waals surface area contributed by atoms with Gasteiger partial charge in [-0.1, -0.05) is 0 Å². The summed E-state index contributed by atoms with van der Waals surface area (Å²) in [7, 11) is 0. The third-order valence-corrected chi connectivity index (χ3v) is 4.68. The first-order valence-corrected chi connectivity index (χ1v) is 8.85. The van der Waals surface area contributed by atoms with Crippen molar-refractivity contribution in [1.82, 2.24) is 10.6 Å². The fraction of sp³-hybridized carbons (Fsp3) is 0.200. The van der Waals surface area contributed by atoms with Gasteiger partial charge in [-0.2, -0.15) is 0 Å². The number of halogens is 1. The third kappa shape index (κ3) is 6.16. The van der Waals surface area contributed by atoms with Crippen LogP contribution in [0, 0.1) is 10.1 Å². The summed E-state index contributed by atoms with van der Waals surface area (Å²) in [6.07, 6.45) is 0. The maximum absolute atomic E-state index is 11.8. The van der Waals surface area contributed by atoms with Crippen molar-refractivity contribution in [3.63, 3.8) is 0 Å². The molecule has 0 unspecified atom stereocenters. The Hall–Kier alpha value is -2.46. The van der Waals surface area contributed by atoms with Gasteiger partial charge in [0.2, 0.25) is 5.91 Å². The van der Waals surface area contributed by atoms with Crippen LogP contribution in [-0.2, 0) is 4.79 Å². The minimum absolute atomic E-state index is 0.0207. The number of amides is 2. The number of thiophene rings is 1. The van der Waals surface area contributed by atoms with E-state index in [1.54, 1.807) is 24.3 Å². The molecule has 0 aliphatic rings. The highest BCUT2D eigenvalue weighted by Gasteiger charge is 2.10. The van der Waals surface area contributed by atoms with Crippen LogP contribution in [0.25, 0.3) is 0 Å². The van der Waals surface area contributed by atoms with Crippen molar-refractivity contribution in [2.45, 2.75) is 0 Å². The maximum atomic E-state index is 11.8. The monoisotopic (exact) mass is 426 g/mol. The predicted molar refractivity (Wildman–Crippen MR) is 98.9 cm³/mol. The van der Waals surface area contributed by atoms with Crippen LogP contribution >= 0.6 is 27.3 Å². The number of nitro benzene ring substituents is 1. The Bertz CT molecular complexity index is 763. The van der Waals surface area contributed by atoms with Gasteiger partial charge in [0.15, 0.2) is 0 Å². The van der Waals surface area contributed by atoms with Gasteiger partial charge in [-0.05, 0) is 40.2 Å². The van der Waals surface area contributed by atoms with Gasteiger partial charge >= 0.3 is 0 Å². The van der Waals surface area contributed by atoms with Crippen molar-refractivity contribution in [2.75, 3.05) is 25.0 Å². The van der Waals surface area contributed by atoms with E-state index >= 15 is 0 Å². The maximum Gasteiger partial charge on any atom is 0.269 e. The molecule has 0 spiro atoms. The number of anilines is 1. The largest absolute Gasteiger partial charge is 0.383 e. The van der Waals surface area contributed by atoms with Crippen LogP contribution in [0.5, 0.6) is 0 Å². The van der Waals surface area contributed by atoms with Gasteiger partial charge in [0.1, 0.15) is 0 Å². The summed E-state index contributed by atoms with van der Waals surface area (Å²) in [6.45, 7) is 0.706. The molecule has 0 radical (unpaired) electrons. The molecule has 2 aromatic rings. The van der Waals surface area contributed by atoms with Gasteiger partial charge < -0.3 is 16.0 Å². The molecule has 0 aliphatic heterocycles. The van der Waals surface area contributed by atoms with Crippen LogP contribution in [0.4, 0.5) is 11.4 Å². The number of hydrogen-bond acceptors (Lipinski definition) is 6. The number of nitrogens with zero attached hydrogens (tertiary/aromatic N) is 1. The van der Waals surface area contributed by atoms with Crippen LogP contribution < -0.4 is 16.0 Å². The van der Waals surface area contributed by atoms with Crippen molar-refractivity contribution < 1.29 is 14.5 Å². The van der Waals surface area contributed by atoms with E-state index in [0.717, 1.165) is 9.47 Å². The van der Waals surface area contributed by atoms with Crippen LogP contribution in [-0.4, -0.2) is 36.4 Å². The van der Waals surface area contributed by atoms with Crippen molar-refractivity contribution in [3.8, 4) is 0 Å². The molecule has 2 rings (SSSR count). The summed E-state index contributed by atoms with van der Waals surface area (Å²) < 4.78 is 0.847. The highest BCUT2D eigenvalue weighted by molar-refractivity contribution is 9.11. The highest BCUT2D eigenvalue weighted by Crippen LogP contribution is 2.21. The normalized spacial score (nSPS) is 10.1. The molecule has 1 aromatic carbocycles. The Morgan fingerprint density at radius 1 is 1.08 bits per heavy atom. The minimum atomic E-state index is -0.465. The topological polar surface area (TPSA) is 113 Å². The number of nitro groups is 1. The molecule has 1 heterocycles. The van der Waals surface area contributed by atoms with Gasteiger partial charge in [-0.3, -0.25) is 19.7 Å². The van der Waals surface area contributed by atoms with Crippen molar-refractivity contribution >= 4 is 50.5 Å². The van der Waals surface area contributed by atoms with E-state index < -0.39 is 4.92 Å². The van der Waals surface area contributed by atoms with Crippen LogP contribution in [0.1, 0.15) is 9.67 Å². The average Bonchev–Trinajstić information content (AvgIpc) is 3.03. The summed E-state index contributed by atoms with van der Waals surface area (Å²) in [5, 5.41) is 18.8. The van der Waals surface area contributed by atoms with E-state index in [0.29, 0.717) is 18.0 Å². The number of benzene rings is 1. The van der Waals surface area contributed by atoms with E-state index in [-0.39, 0.29) is 24.0 Å². The van der Waals surface area contributed by atoms with E-state index in [1.165, 1.54) is 23.5 Å². The lowest BCUT2D eigenvalue weighted by molar-refractivity contribution is -0.384. The van der Waals surface area contributed by atoms with Crippen molar-refractivity contribution in [3.05, 3.63) is 55.2 Å².